The summed E-state index contributed by atoms with van der Waals surface area (Å²) >= 11 is 3.45. The van der Waals surface area contributed by atoms with Crippen LogP contribution in [-0.4, -0.2) is 28.0 Å². The molecule has 1 atom stereocenters. The number of anilines is 1. The number of amides is 1. The van der Waals surface area contributed by atoms with Gasteiger partial charge in [-0.05, 0) is 18.1 Å². The Morgan fingerprint density at radius 1 is 1.53 bits per heavy atom. The number of aromatic nitrogens is 2. The standard InChI is InChI=1S/C12H12BrN3O/c13-5-8-4-12(17)16(7-8)11-3-1-2-10-9(11)6-14-15-10/h1-3,6,8H,4-5,7H2,(H,14,15). The fraction of sp³-hybridized carbons (Fsp3) is 0.333. The number of halogens is 1. The molecule has 2 aromatic rings. The van der Waals surface area contributed by atoms with Gasteiger partial charge in [-0.1, -0.05) is 22.0 Å². The van der Waals surface area contributed by atoms with E-state index in [2.05, 4.69) is 26.1 Å². The first-order valence-electron chi connectivity index (χ1n) is 5.58. The number of aromatic amines is 1. The van der Waals surface area contributed by atoms with E-state index in [1.165, 1.54) is 0 Å². The molecule has 0 aliphatic carbocycles. The SMILES string of the molecule is O=C1CC(CBr)CN1c1cccc2[nH]ncc12. The molecule has 0 radical (unpaired) electrons. The summed E-state index contributed by atoms with van der Waals surface area (Å²) in [5.41, 5.74) is 1.93. The topological polar surface area (TPSA) is 49.0 Å². The average molecular weight is 294 g/mol. The zero-order valence-electron chi connectivity index (χ0n) is 9.19. The highest BCUT2D eigenvalue weighted by Gasteiger charge is 2.30. The van der Waals surface area contributed by atoms with Gasteiger partial charge in [0.25, 0.3) is 0 Å². The Hall–Kier alpha value is -1.36. The molecule has 1 aromatic carbocycles. The summed E-state index contributed by atoms with van der Waals surface area (Å²) in [5, 5.41) is 8.83. The van der Waals surface area contributed by atoms with Crippen molar-refractivity contribution < 1.29 is 4.79 Å². The Balaban J connectivity index is 2.04. The number of hydrogen-bond donors (Lipinski definition) is 1. The van der Waals surface area contributed by atoms with Crippen LogP contribution < -0.4 is 4.90 Å². The van der Waals surface area contributed by atoms with Gasteiger partial charge in [0.2, 0.25) is 5.91 Å². The molecule has 1 fully saturated rings. The Morgan fingerprint density at radius 2 is 2.41 bits per heavy atom. The lowest BCUT2D eigenvalue weighted by Gasteiger charge is -2.17. The maximum absolute atomic E-state index is 12.0. The lowest BCUT2D eigenvalue weighted by Crippen LogP contribution is -2.24. The molecule has 17 heavy (non-hydrogen) atoms. The molecular formula is C12H12BrN3O. The Morgan fingerprint density at radius 3 is 3.18 bits per heavy atom. The van der Waals surface area contributed by atoms with Crippen LogP contribution in [0.2, 0.25) is 0 Å². The normalized spacial score (nSPS) is 20.4. The molecule has 3 rings (SSSR count). The van der Waals surface area contributed by atoms with Crippen LogP contribution in [0.25, 0.3) is 10.9 Å². The molecule has 1 amide bonds. The van der Waals surface area contributed by atoms with E-state index in [1.54, 1.807) is 6.20 Å². The molecule has 1 N–H and O–H groups in total. The van der Waals surface area contributed by atoms with E-state index < -0.39 is 0 Å². The number of hydrogen-bond acceptors (Lipinski definition) is 2. The highest BCUT2D eigenvalue weighted by Crippen LogP contribution is 2.31. The maximum atomic E-state index is 12.0. The first-order chi connectivity index (χ1) is 8.29. The number of carbonyl (C=O) groups is 1. The second-order valence-electron chi connectivity index (χ2n) is 4.34. The van der Waals surface area contributed by atoms with Crippen molar-refractivity contribution >= 4 is 38.4 Å². The second kappa shape index (κ2) is 4.14. The Bertz CT molecular complexity index is 566. The average Bonchev–Trinajstić information content (AvgIpc) is 2.94. The summed E-state index contributed by atoms with van der Waals surface area (Å²) < 4.78 is 0. The molecule has 1 saturated heterocycles. The van der Waals surface area contributed by atoms with Crippen molar-refractivity contribution in [2.45, 2.75) is 6.42 Å². The first-order valence-corrected chi connectivity index (χ1v) is 6.70. The third-order valence-corrected chi connectivity index (χ3v) is 4.09. The lowest BCUT2D eigenvalue weighted by atomic mass is 10.1. The Labute approximate surface area is 107 Å². The first kappa shape index (κ1) is 10.8. The van der Waals surface area contributed by atoms with Gasteiger partial charge < -0.3 is 4.90 Å². The summed E-state index contributed by atoms with van der Waals surface area (Å²) in [7, 11) is 0. The summed E-state index contributed by atoms with van der Waals surface area (Å²) in [6, 6.07) is 5.89. The van der Waals surface area contributed by atoms with Crippen molar-refractivity contribution in [2.75, 3.05) is 16.8 Å². The number of rotatable bonds is 2. The molecule has 1 aliphatic heterocycles. The molecule has 4 nitrogen and oxygen atoms in total. The van der Waals surface area contributed by atoms with Gasteiger partial charge in [-0.2, -0.15) is 5.10 Å². The number of H-pyrrole nitrogens is 1. The van der Waals surface area contributed by atoms with E-state index >= 15 is 0 Å². The number of nitrogens with zero attached hydrogens (tertiary/aromatic N) is 2. The van der Waals surface area contributed by atoms with Gasteiger partial charge in [-0.15, -0.1) is 0 Å². The summed E-state index contributed by atoms with van der Waals surface area (Å²) in [6.07, 6.45) is 2.40. The predicted molar refractivity (Wildman–Crippen MR) is 70.3 cm³/mol. The van der Waals surface area contributed by atoms with Crippen LogP contribution in [0.3, 0.4) is 0 Å². The molecule has 1 aromatic heterocycles. The largest absolute Gasteiger partial charge is 0.311 e. The molecule has 1 unspecified atom stereocenters. The van der Waals surface area contributed by atoms with E-state index in [-0.39, 0.29) is 5.91 Å². The zero-order chi connectivity index (χ0) is 11.8. The highest BCUT2D eigenvalue weighted by molar-refractivity contribution is 9.09. The molecule has 88 valence electrons. The second-order valence-corrected chi connectivity index (χ2v) is 4.98. The minimum absolute atomic E-state index is 0.197. The number of benzene rings is 1. The number of nitrogens with one attached hydrogen (secondary N) is 1. The molecular weight excluding hydrogens is 282 g/mol. The fourth-order valence-corrected chi connectivity index (χ4v) is 2.74. The van der Waals surface area contributed by atoms with Crippen LogP contribution in [0.5, 0.6) is 0 Å². The fourth-order valence-electron chi connectivity index (χ4n) is 2.31. The van der Waals surface area contributed by atoms with Crippen molar-refractivity contribution in [3.05, 3.63) is 24.4 Å². The monoisotopic (exact) mass is 293 g/mol. The molecule has 0 bridgehead atoms. The Kier molecular flexibility index (Phi) is 2.63. The minimum Gasteiger partial charge on any atom is -0.311 e. The van der Waals surface area contributed by atoms with Crippen molar-refractivity contribution in [1.29, 1.82) is 0 Å². The van der Waals surface area contributed by atoms with Gasteiger partial charge >= 0.3 is 0 Å². The van der Waals surface area contributed by atoms with Crippen molar-refractivity contribution in [1.82, 2.24) is 10.2 Å². The zero-order valence-corrected chi connectivity index (χ0v) is 10.8. The van der Waals surface area contributed by atoms with Crippen molar-refractivity contribution in [2.24, 2.45) is 5.92 Å². The van der Waals surface area contributed by atoms with Crippen LogP contribution in [0.15, 0.2) is 24.4 Å². The summed E-state index contributed by atoms with van der Waals surface area (Å²) in [6.45, 7) is 0.786. The van der Waals surface area contributed by atoms with Crippen LogP contribution in [-0.2, 0) is 4.79 Å². The van der Waals surface area contributed by atoms with E-state index in [1.807, 2.05) is 23.1 Å². The third kappa shape index (κ3) is 1.74. The number of fused-ring (bicyclic) bond motifs is 1. The molecule has 2 heterocycles. The van der Waals surface area contributed by atoms with Crippen LogP contribution >= 0.6 is 15.9 Å². The molecule has 1 aliphatic rings. The van der Waals surface area contributed by atoms with E-state index in [0.717, 1.165) is 28.5 Å². The molecule has 0 saturated carbocycles. The number of carbonyl (C=O) groups excluding carboxylic acids is 1. The van der Waals surface area contributed by atoms with Crippen molar-refractivity contribution in [3.63, 3.8) is 0 Å². The van der Waals surface area contributed by atoms with E-state index in [9.17, 15) is 4.79 Å². The van der Waals surface area contributed by atoms with E-state index in [0.29, 0.717) is 12.3 Å². The van der Waals surface area contributed by atoms with Gasteiger partial charge in [0, 0.05) is 23.7 Å². The summed E-state index contributed by atoms with van der Waals surface area (Å²) in [5.74, 6) is 0.604. The van der Waals surface area contributed by atoms with Crippen molar-refractivity contribution in [3.8, 4) is 0 Å². The minimum atomic E-state index is 0.197. The van der Waals surface area contributed by atoms with Gasteiger partial charge in [0.1, 0.15) is 0 Å². The van der Waals surface area contributed by atoms with Gasteiger partial charge in [0.15, 0.2) is 0 Å². The predicted octanol–water partition coefficient (Wildman–Crippen LogP) is 2.31. The quantitative estimate of drug-likeness (QED) is 0.864. The van der Waals surface area contributed by atoms with Gasteiger partial charge in [0.05, 0.1) is 17.4 Å². The van der Waals surface area contributed by atoms with Crippen LogP contribution in [0.1, 0.15) is 6.42 Å². The van der Waals surface area contributed by atoms with Crippen LogP contribution in [0, 0.1) is 5.92 Å². The number of alkyl halides is 1. The smallest absolute Gasteiger partial charge is 0.227 e. The maximum Gasteiger partial charge on any atom is 0.227 e. The van der Waals surface area contributed by atoms with E-state index in [4.69, 9.17) is 0 Å². The third-order valence-electron chi connectivity index (χ3n) is 3.18. The van der Waals surface area contributed by atoms with Crippen LogP contribution in [0.4, 0.5) is 5.69 Å². The van der Waals surface area contributed by atoms with Gasteiger partial charge in [-0.25, -0.2) is 0 Å². The molecule has 5 heteroatoms. The molecule has 0 spiro atoms. The highest BCUT2D eigenvalue weighted by atomic mass is 79.9. The summed E-state index contributed by atoms with van der Waals surface area (Å²) in [4.78, 5) is 13.8. The lowest BCUT2D eigenvalue weighted by molar-refractivity contribution is -0.117. The van der Waals surface area contributed by atoms with Gasteiger partial charge in [-0.3, -0.25) is 9.89 Å².